The molecule has 0 unspecified atom stereocenters. The Kier molecular flexibility index (Phi) is 6.63. The molecule has 1 aliphatic heterocycles. The van der Waals surface area contributed by atoms with Gasteiger partial charge in [-0.1, -0.05) is 48.5 Å². The van der Waals surface area contributed by atoms with E-state index in [9.17, 15) is 17.6 Å². The van der Waals surface area contributed by atoms with Crippen LogP contribution in [0.4, 0.5) is 10.1 Å². The minimum Gasteiger partial charge on any atom is -0.453 e. The molecule has 6 nitrogen and oxygen atoms in total. The summed E-state index contributed by atoms with van der Waals surface area (Å²) in [5.74, 6) is -0.169. The number of carbonyl (C=O) groups excluding carboxylic acids is 1. The van der Waals surface area contributed by atoms with E-state index in [4.69, 9.17) is 4.42 Å². The number of amides is 1. The van der Waals surface area contributed by atoms with Crippen molar-refractivity contribution >= 4 is 43.0 Å². The van der Waals surface area contributed by atoms with E-state index in [2.05, 4.69) is 23.5 Å². The van der Waals surface area contributed by atoms with E-state index in [0.717, 1.165) is 26.8 Å². The predicted molar refractivity (Wildman–Crippen MR) is 164 cm³/mol. The number of benzene rings is 3. The maximum absolute atomic E-state index is 13.7. The minimum atomic E-state index is -3.66. The molecule has 2 aliphatic rings. The standard InChI is InChI=1S/C32H25FN2O4S2/c1-34-32(36)29-25(19-11-13-24(33)14-12-19)16-23-17-26(35(2)41(3,37)38)30(39-31(23)29)22-9-6-8-20(15-22)28-18-21-7-4-5-10-27(21)40-28/h4-18H,1-3H3,(H,34,36). The molecule has 1 amide bonds. The quantitative estimate of drug-likeness (QED) is 0.220. The lowest BCUT2D eigenvalue weighted by molar-refractivity contribution is 0.0963. The van der Waals surface area contributed by atoms with Crippen LogP contribution in [0.2, 0.25) is 0 Å². The third-order valence-electron chi connectivity index (χ3n) is 7.07. The summed E-state index contributed by atoms with van der Waals surface area (Å²) in [7, 11) is -0.670. The average Bonchev–Trinajstić information content (AvgIpc) is 3.57. The Bertz CT molecular complexity index is 1980. The fraction of sp³-hybridized carbons (Fsp3) is 0.0938. The van der Waals surface area contributed by atoms with E-state index in [-0.39, 0.29) is 11.5 Å². The number of halogens is 1. The van der Waals surface area contributed by atoms with Crippen molar-refractivity contribution in [3.05, 3.63) is 102 Å². The third kappa shape index (κ3) is 4.87. The molecule has 206 valence electrons. The van der Waals surface area contributed by atoms with Gasteiger partial charge in [0.05, 0.1) is 17.5 Å². The van der Waals surface area contributed by atoms with Crippen molar-refractivity contribution in [1.82, 2.24) is 5.32 Å². The molecular formula is C32H25FN2O4S2. The van der Waals surface area contributed by atoms with Crippen molar-refractivity contribution in [2.24, 2.45) is 0 Å². The molecular weight excluding hydrogens is 559 g/mol. The smallest absolute Gasteiger partial charge is 0.255 e. The molecule has 3 aromatic carbocycles. The summed E-state index contributed by atoms with van der Waals surface area (Å²) >= 11 is 1.67. The Hall–Kier alpha value is -4.47. The number of sulfonamides is 1. The molecule has 0 saturated carbocycles. The number of carbonyl (C=O) groups is 1. The minimum absolute atomic E-state index is 0.282. The summed E-state index contributed by atoms with van der Waals surface area (Å²) in [6.45, 7) is 0. The zero-order valence-corrected chi connectivity index (χ0v) is 24.1. The number of rotatable bonds is 6. The Labute approximate surface area is 241 Å². The predicted octanol–water partition coefficient (Wildman–Crippen LogP) is 7.49. The second-order valence-electron chi connectivity index (χ2n) is 9.72. The third-order valence-corrected chi connectivity index (χ3v) is 9.43. The van der Waals surface area contributed by atoms with Crippen LogP contribution in [0.15, 0.2) is 95.4 Å². The van der Waals surface area contributed by atoms with Gasteiger partial charge in [-0.25, -0.2) is 12.8 Å². The number of nitrogens with zero attached hydrogens (tertiary/aromatic N) is 1. The first-order valence-electron chi connectivity index (χ1n) is 12.8. The molecule has 0 atom stereocenters. The van der Waals surface area contributed by atoms with Crippen LogP contribution in [0.25, 0.3) is 54.3 Å². The van der Waals surface area contributed by atoms with Crippen LogP contribution in [0.3, 0.4) is 0 Å². The first-order valence-corrected chi connectivity index (χ1v) is 15.4. The topological polar surface area (TPSA) is 79.6 Å². The first kappa shape index (κ1) is 26.7. The normalized spacial score (nSPS) is 11.7. The number of fused-ring (bicyclic) bond motifs is 2. The maximum atomic E-state index is 13.7. The van der Waals surface area contributed by atoms with Crippen LogP contribution >= 0.6 is 11.3 Å². The summed E-state index contributed by atoms with van der Waals surface area (Å²) in [4.78, 5) is 14.2. The highest BCUT2D eigenvalue weighted by molar-refractivity contribution is 7.92. The van der Waals surface area contributed by atoms with Crippen molar-refractivity contribution in [1.29, 1.82) is 0 Å². The first-order chi connectivity index (χ1) is 19.6. The van der Waals surface area contributed by atoms with Gasteiger partial charge in [0.1, 0.15) is 11.6 Å². The van der Waals surface area contributed by atoms with Gasteiger partial charge in [0.2, 0.25) is 10.0 Å². The number of hydrogen-bond donors (Lipinski definition) is 1. The van der Waals surface area contributed by atoms with Gasteiger partial charge in [-0.2, -0.15) is 0 Å². The van der Waals surface area contributed by atoms with Gasteiger partial charge in [-0.15, -0.1) is 11.3 Å². The molecule has 1 N–H and O–H groups in total. The summed E-state index contributed by atoms with van der Waals surface area (Å²) in [6, 6.07) is 27.3. The number of anilines is 1. The zero-order chi connectivity index (χ0) is 28.9. The van der Waals surface area contributed by atoms with Crippen molar-refractivity contribution in [3.63, 3.8) is 0 Å². The summed E-state index contributed by atoms with van der Waals surface area (Å²) in [6.07, 6.45) is 1.12. The molecule has 4 aromatic rings. The van der Waals surface area contributed by atoms with E-state index in [0.29, 0.717) is 39.5 Å². The maximum Gasteiger partial charge on any atom is 0.255 e. The fourth-order valence-electron chi connectivity index (χ4n) is 4.91. The van der Waals surface area contributed by atoms with Gasteiger partial charge in [0, 0.05) is 34.8 Å². The molecule has 1 aliphatic carbocycles. The SMILES string of the molecule is CNC(=O)c1c(-c2ccc(F)cc2)cc2cc(N(C)S(C)(=O)=O)c(-c3cccc(-c4cc5ccccc5s4)c3)oc1-2. The van der Waals surface area contributed by atoms with Crippen LogP contribution < -0.4 is 9.62 Å². The Balaban J connectivity index is 1.60. The molecule has 6 rings (SSSR count). The van der Waals surface area contributed by atoms with Gasteiger partial charge in [0.15, 0.2) is 5.76 Å². The largest absolute Gasteiger partial charge is 0.453 e. The average molecular weight is 585 g/mol. The zero-order valence-electron chi connectivity index (χ0n) is 22.4. The lowest BCUT2D eigenvalue weighted by Crippen LogP contribution is -2.25. The second-order valence-corrected chi connectivity index (χ2v) is 12.8. The van der Waals surface area contributed by atoms with E-state index in [1.165, 1.54) is 30.5 Å². The molecule has 0 fully saturated rings. The molecule has 9 heteroatoms. The Morgan fingerprint density at radius 2 is 1.59 bits per heavy atom. The van der Waals surface area contributed by atoms with Crippen molar-refractivity contribution in [3.8, 4) is 44.2 Å². The lowest BCUT2D eigenvalue weighted by Gasteiger charge is -2.21. The lowest BCUT2D eigenvalue weighted by atomic mass is 10.0. The molecule has 0 radical (unpaired) electrons. The van der Waals surface area contributed by atoms with Gasteiger partial charge < -0.3 is 9.73 Å². The fourth-order valence-corrected chi connectivity index (χ4v) is 6.46. The highest BCUT2D eigenvalue weighted by Gasteiger charge is 2.29. The molecule has 0 saturated heterocycles. The van der Waals surface area contributed by atoms with Crippen LogP contribution in [0.5, 0.6) is 0 Å². The van der Waals surface area contributed by atoms with E-state index in [1.807, 2.05) is 36.4 Å². The van der Waals surface area contributed by atoms with Gasteiger partial charge >= 0.3 is 0 Å². The summed E-state index contributed by atoms with van der Waals surface area (Å²) in [5, 5.41) is 3.81. The van der Waals surface area contributed by atoms with E-state index >= 15 is 0 Å². The van der Waals surface area contributed by atoms with Crippen LogP contribution in [0, 0.1) is 5.82 Å². The summed E-state index contributed by atoms with van der Waals surface area (Å²) in [5.41, 5.74) is 3.93. The van der Waals surface area contributed by atoms with Crippen LogP contribution in [-0.4, -0.2) is 34.7 Å². The Morgan fingerprint density at radius 3 is 2.29 bits per heavy atom. The van der Waals surface area contributed by atoms with Crippen molar-refractivity contribution in [2.75, 3.05) is 24.7 Å². The van der Waals surface area contributed by atoms with Gasteiger partial charge in [-0.05, 0) is 64.5 Å². The molecule has 0 bridgehead atoms. The number of thiophene rings is 1. The van der Waals surface area contributed by atoms with E-state index in [1.54, 1.807) is 35.6 Å². The van der Waals surface area contributed by atoms with E-state index < -0.39 is 15.8 Å². The number of nitrogens with one attached hydrogen (secondary N) is 1. The summed E-state index contributed by atoms with van der Waals surface area (Å²) < 4.78 is 47.9. The number of hydrogen-bond acceptors (Lipinski definition) is 5. The van der Waals surface area contributed by atoms with Crippen molar-refractivity contribution in [2.45, 2.75) is 0 Å². The van der Waals surface area contributed by atoms with Crippen molar-refractivity contribution < 1.29 is 22.0 Å². The highest BCUT2D eigenvalue weighted by Crippen LogP contribution is 2.45. The molecule has 2 heterocycles. The van der Waals surface area contributed by atoms with Crippen LogP contribution in [-0.2, 0) is 10.0 Å². The highest BCUT2D eigenvalue weighted by atomic mass is 32.2. The Morgan fingerprint density at radius 1 is 0.854 bits per heavy atom. The van der Waals surface area contributed by atoms with Crippen LogP contribution in [0.1, 0.15) is 10.4 Å². The molecule has 1 aromatic heterocycles. The van der Waals surface area contributed by atoms with Gasteiger partial charge in [0.25, 0.3) is 5.91 Å². The van der Waals surface area contributed by atoms with Gasteiger partial charge in [-0.3, -0.25) is 9.10 Å². The monoisotopic (exact) mass is 584 g/mol. The molecule has 41 heavy (non-hydrogen) atoms. The second kappa shape index (κ2) is 10.2. The molecule has 0 spiro atoms.